The molecule has 38 heavy (non-hydrogen) atoms. The molecule has 1 saturated heterocycles. The van der Waals surface area contributed by atoms with Gasteiger partial charge in [0.1, 0.15) is 11.6 Å². The lowest BCUT2D eigenvalue weighted by Crippen LogP contribution is -2.50. The molecule has 0 saturated carbocycles. The monoisotopic (exact) mass is 530 g/mol. The van der Waals surface area contributed by atoms with E-state index in [-0.39, 0.29) is 11.8 Å². The van der Waals surface area contributed by atoms with E-state index < -0.39 is 0 Å². The highest BCUT2D eigenvalue weighted by Crippen LogP contribution is 2.29. The largest absolute Gasteiger partial charge is 0.352 e. The number of hydrogen-bond donors (Lipinski definition) is 0. The molecule has 3 heterocycles. The van der Waals surface area contributed by atoms with E-state index in [9.17, 15) is 4.79 Å². The van der Waals surface area contributed by atoms with Gasteiger partial charge in [0, 0.05) is 37.6 Å². The fourth-order valence-electron chi connectivity index (χ4n) is 5.10. The molecule has 0 bridgehead atoms. The predicted octanol–water partition coefficient (Wildman–Crippen LogP) is 5.90. The Kier molecular flexibility index (Phi) is 7.93. The van der Waals surface area contributed by atoms with Crippen molar-refractivity contribution in [1.29, 1.82) is 0 Å². The Bertz CT molecular complexity index is 1390. The molecule has 2 aromatic carbocycles. The summed E-state index contributed by atoms with van der Waals surface area (Å²) in [4.78, 5) is 27.7. The number of carbonyl (C=O) groups excluding carboxylic acids is 1. The Morgan fingerprint density at radius 1 is 1.00 bits per heavy atom. The Labute approximate surface area is 229 Å². The maximum Gasteiger partial charge on any atom is 0.230 e. The van der Waals surface area contributed by atoms with Crippen LogP contribution in [0, 0.1) is 5.92 Å². The first-order valence-corrected chi connectivity index (χ1v) is 13.9. The summed E-state index contributed by atoms with van der Waals surface area (Å²) in [6.45, 7) is 9.27. The molecular formula is C30H35ClN6O. The first-order valence-electron chi connectivity index (χ1n) is 13.5. The van der Waals surface area contributed by atoms with Gasteiger partial charge in [-0.05, 0) is 42.5 Å². The number of carbonyl (C=O) groups is 1. The molecule has 0 N–H and O–H groups in total. The van der Waals surface area contributed by atoms with Crippen molar-refractivity contribution >= 4 is 34.4 Å². The topological polar surface area (TPSA) is 67.2 Å². The van der Waals surface area contributed by atoms with Crippen LogP contribution in [-0.4, -0.2) is 56.7 Å². The third kappa shape index (κ3) is 5.53. The number of benzene rings is 2. The van der Waals surface area contributed by atoms with Crippen molar-refractivity contribution < 1.29 is 4.79 Å². The van der Waals surface area contributed by atoms with Crippen LogP contribution in [0.5, 0.6) is 0 Å². The van der Waals surface area contributed by atoms with E-state index in [1.807, 2.05) is 58.2 Å². The van der Waals surface area contributed by atoms with Gasteiger partial charge >= 0.3 is 0 Å². The summed E-state index contributed by atoms with van der Waals surface area (Å²) in [5.74, 6) is 2.37. The molecule has 1 aliphatic heterocycles. The molecule has 1 aliphatic rings. The van der Waals surface area contributed by atoms with Gasteiger partial charge in [-0.3, -0.25) is 4.79 Å². The normalized spacial score (nSPS) is 14.9. The number of anilines is 1. The number of hydrogen-bond acceptors (Lipinski definition) is 5. The number of piperazine rings is 1. The summed E-state index contributed by atoms with van der Waals surface area (Å²) in [5.41, 5.74) is 2.74. The van der Waals surface area contributed by atoms with Crippen molar-refractivity contribution in [3.05, 3.63) is 77.2 Å². The molecular weight excluding hydrogens is 496 g/mol. The standard InChI is InChI=1S/C30H35ClN6O/c1-4-25(22-9-6-5-7-10-22)30(38)36-17-15-35(16-18-36)28-26-20-32-37(24-12-8-11-23(31)19-24)29(26)34-27(33-28)14-13-21(2)3/h5-12,19-21,25H,4,13-18H2,1-3H3. The van der Waals surface area contributed by atoms with Gasteiger partial charge in [-0.15, -0.1) is 0 Å². The number of nitrogens with zero attached hydrogens (tertiary/aromatic N) is 6. The molecule has 198 valence electrons. The minimum Gasteiger partial charge on any atom is -0.352 e. The molecule has 8 heteroatoms. The maximum absolute atomic E-state index is 13.4. The Morgan fingerprint density at radius 2 is 1.76 bits per heavy atom. The molecule has 4 aromatic rings. The lowest BCUT2D eigenvalue weighted by Gasteiger charge is -2.37. The number of amides is 1. The van der Waals surface area contributed by atoms with E-state index >= 15 is 0 Å². The molecule has 1 amide bonds. The zero-order valence-corrected chi connectivity index (χ0v) is 23.1. The molecule has 1 fully saturated rings. The van der Waals surface area contributed by atoms with E-state index in [0.717, 1.165) is 66.3 Å². The minimum atomic E-state index is -0.105. The summed E-state index contributed by atoms with van der Waals surface area (Å²) in [5, 5.41) is 6.24. The zero-order valence-electron chi connectivity index (χ0n) is 22.3. The summed E-state index contributed by atoms with van der Waals surface area (Å²) < 4.78 is 1.84. The minimum absolute atomic E-state index is 0.105. The average Bonchev–Trinajstić information content (AvgIpc) is 3.36. The fourth-order valence-corrected chi connectivity index (χ4v) is 5.29. The Hall–Kier alpha value is -3.45. The molecule has 0 radical (unpaired) electrons. The lowest BCUT2D eigenvalue weighted by molar-refractivity contribution is -0.133. The zero-order chi connectivity index (χ0) is 26.6. The van der Waals surface area contributed by atoms with Gasteiger partial charge in [-0.2, -0.15) is 5.10 Å². The molecule has 1 unspecified atom stereocenters. The van der Waals surface area contributed by atoms with Crippen molar-refractivity contribution in [3.63, 3.8) is 0 Å². The molecule has 0 spiro atoms. The van der Waals surface area contributed by atoms with Gasteiger partial charge in [0.15, 0.2) is 5.65 Å². The Balaban J connectivity index is 1.42. The van der Waals surface area contributed by atoms with Crippen LogP contribution in [0.25, 0.3) is 16.7 Å². The Morgan fingerprint density at radius 3 is 2.45 bits per heavy atom. The summed E-state index contributed by atoms with van der Waals surface area (Å²) in [7, 11) is 0. The predicted molar refractivity (Wildman–Crippen MR) is 153 cm³/mol. The van der Waals surface area contributed by atoms with E-state index in [4.69, 9.17) is 21.6 Å². The first kappa shape index (κ1) is 26.2. The van der Waals surface area contributed by atoms with Crippen LogP contribution in [0.2, 0.25) is 5.02 Å². The van der Waals surface area contributed by atoms with Gasteiger partial charge < -0.3 is 9.80 Å². The van der Waals surface area contributed by atoms with Gasteiger partial charge in [0.25, 0.3) is 0 Å². The molecule has 0 aliphatic carbocycles. The van der Waals surface area contributed by atoms with Crippen molar-refractivity contribution in [1.82, 2.24) is 24.6 Å². The van der Waals surface area contributed by atoms with Crippen molar-refractivity contribution in [2.24, 2.45) is 5.92 Å². The number of aromatic nitrogens is 4. The van der Waals surface area contributed by atoms with Crippen LogP contribution in [0.15, 0.2) is 60.8 Å². The lowest BCUT2D eigenvalue weighted by atomic mass is 9.95. The first-order chi connectivity index (χ1) is 18.4. The molecule has 2 aromatic heterocycles. The van der Waals surface area contributed by atoms with Crippen molar-refractivity contribution in [2.75, 3.05) is 31.1 Å². The second-order valence-electron chi connectivity index (χ2n) is 10.4. The highest BCUT2D eigenvalue weighted by molar-refractivity contribution is 6.30. The van der Waals surface area contributed by atoms with Crippen LogP contribution in [0.3, 0.4) is 0 Å². The van der Waals surface area contributed by atoms with E-state index in [2.05, 4.69) is 42.9 Å². The second kappa shape index (κ2) is 11.5. The third-order valence-electron chi connectivity index (χ3n) is 7.25. The van der Waals surface area contributed by atoms with E-state index in [1.165, 1.54) is 0 Å². The SMILES string of the molecule is CCC(C(=O)N1CCN(c2nc(CCC(C)C)nc3c2cnn3-c2cccc(Cl)c2)CC1)c1ccccc1. The highest BCUT2D eigenvalue weighted by atomic mass is 35.5. The van der Waals surface area contributed by atoms with Crippen LogP contribution in [-0.2, 0) is 11.2 Å². The van der Waals surface area contributed by atoms with Gasteiger partial charge in [0.2, 0.25) is 5.91 Å². The average molecular weight is 531 g/mol. The van der Waals surface area contributed by atoms with Crippen LogP contribution >= 0.6 is 11.6 Å². The van der Waals surface area contributed by atoms with E-state index in [1.54, 1.807) is 0 Å². The highest BCUT2D eigenvalue weighted by Gasteiger charge is 2.29. The van der Waals surface area contributed by atoms with Crippen molar-refractivity contribution in [3.8, 4) is 5.69 Å². The number of rotatable bonds is 8. The maximum atomic E-state index is 13.4. The quantitative estimate of drug-likeness (QED) is 0.284. The second-order valence-corrected chi connectivity index (χ2v) is 10.8. The molecule has 1 atom stereocenters. The van der Waals surface area contributed by atoms with Gasteiger partial charge in [0.05, 0.1) is 23.2 Å². The smallest absolute Gasteiger partial charge is 0.230 e. The van der Waals surface area contributed by atoms with Gasteiger partial charge in [-0.25, -0.2) is 14.6 Å². The molecule has 5 rings (SSSR count). The number of halogens is 1. The molecule has 7 nitrogen and oxygen atoms in total. The summed E-state index contributed by atoms with van der Waals surface area (Å²) >= 11 is 6.28. The summed E-state index contributed by atoms with van der Waals surface area (Å²) in [6.07, 6.45) is 4.45. The van der Waals surface area contributed by atoms with Crippen LogP contribution < -0.4 is 4.90 Å². The fraction of sp³-hybridized carbons (Fsp3) is 0.400. The van der Waals surface area contributed by atoms with E-state index in [0.29, 0.717) is 24.0 Å². The summed E-state index contributed by atoms with van der Waals surface area (Å²) in [6, 6.07) is 17.8. The third-order valence-corrected chi connectivity index (χ3v) is 7.49. The van der Waals surface area contributed by atoms with Crippen LogP contribution in [0.4, 0.5) is 5.82 Å². The van der Waals surface area contributed by atoms with Crippen molar-refractivity contribution in [2.45, 2.75) is 46.0 Å². The van der Waals surface area contributed by atoms with Gasteiger partial charge in [-0.1, -0.05) is 68.8 Å². The number of aryl methyl sites for hydroxylation is 1. The number of fused-ring (bicyclic) bond motifs is 1. The van der Waals surface area contributed by atoms with Crippen LogP contribution in [0.1, 0.15) is 50.9 Å².